The zero-order chi connectivity index (χ0) is 63.5. The number of unbranched alkanes of at least 4 members (excludes halogenated alkanes) is 27. The van der Waals surface area contributed by atoms with Gasteiger partial charge in [0.05, 0.1) is 33.8 Å². The van der Waals surface area contributed by atoms with Crippen LogP contribution in [0.1, 0.15) is 290 Å². The number of nitrogens with one attached hydrogen (secondary N) is 1. The standard InChI is InChI=1S/C77H133N2O7P/c1-7-10-13-16-19-22-25-28-30-32-34-36-37-38-39-40-41-43-44-46-48-51-54-57-60-63-66-69-76(80)78-74(73-85-87(82,83)84-72-71-79(4,5)6)75(68-65-62-59-56-53-50-27-24-21-18-15-12-9-3)86-77(81)70-67-64-61-58-55-52-49-47-45-42-35-33-31-29-26-23-20-17-14-11-8-2/h10,13,19-20,22-23,28-31,34-36,38-39,41-43,47,49,65,68,74-75H,7-9,11-12,14-18,21,24-27,32-33,37,40,44-46,48,50-64,66-67,69-73H2,1-6H3,(H-,78,80,82,83)/p+1/b13-10-,22-19-,23-20-,30-28-,31-29-,36-34-,39-38-,42-35-,43-41-,49-47-,68-65-. The maximum atomic E-state index is 13.6. The molecule has 0 rings (SSSR count). The van der Waals surface area contributed by atoms with E-state index in [-0.39, 0.29) is 31.5 Å². The zero-order valence-corrected chi connectivity index (χ0v) is 57.9. The second-order valence-corrected chi connectivity index (χ2v) is 26.1. The molecule has 0 aliphatic heterocycles. The molecule has 3 unspecified atom stereocenters. The lowest BCUT2D eigenvalue weighted by atomic mass is 10.0. The van der Waals surface area contributed by atoms with Gasteiger partial charge < -0.3 is 19.4 Å². The summed E-state index contributed by atoms with van der Waals surface area (Å²) >= 11 is 0. The number of rotatable bonds is 63. The second kappa shape index (κ2) is 65.1. The maximum absolute atomic E-state index is 13.6. The molecule has 9 nitrogen and oxygen atoms in total. The number of nitrogens with zero attached hydrogens (tertiary/aromatic N) is 1. The van der Waals surface area contributed by atoms with Crippen LogP contribution in [0.3, 0.4) is 0 Å². The molecule has 0 aromatic heterocycles. The van der Waals surface area contributed by atoms with Gasteiger partial charge in [0.2, 0.25) is 5.91 Å². The summed E-state index contributed by atoms with van der Waals surface area (Å²) in [7, 11) is 1.46. The van der Waals surface area contributed by atoms with Gasteiger partial charge >= 0.3 is 13.8 Å². The summed E-state index contributed by atoms with van der Waals surface area (Å²) in [4.78, 5) is 37.9. The fraction of sp³-hybridized carbons (Fsp3) is 0.688. The van der Waals surface area contributed by atoms with Gasteiger partial charge in [-0.05, 0) is 128 Å². The number of quaternary nitrogens is 1. The summed E-state index contributed by atoms with van der Waals surface area (Å²) < 4.78 is 30.8. The lowest BCUT2D eigenvalue weighted by Crippen LogP contribution is -2.47. The molecule has 0 aromatic rings. The van der Waals surface area contributed by atoms with Crippen molar-refractivity contribution in [3.05, 3.63) is 134 Å². The van der Waals surface area contributed by atoms with Crippen LogP contribution in [0.2, 0.25) is 0 Å². The number of esters is 1. The number of hydrogen-bond donors (Lipinski definition) is 2. The first kappa shape index (κ1) is 83.2. The lowest BCUT2D eigenvalue weighted by molar-refractivity contribution is -0.870. The number of likely N-dealkylation sites (N-methyl/N-ethyl adjacent to an activating group) is 1. The van der Waals surface area contributed by atoms with Crippen LogP contribution in [0.4, 0.5) is 0 Å². The molecule has 0 saturated carbocycles. The van der Waals surface area contributed by atoms with Crippen molar-refractivity contribution in [2.75, 3.05) is 40.9 Å². The fourth-order valence-corrected chi connectivity index (χ4v) is 10.4. The Hall–Kier alpha value is -3.85. The van der Waals surface area contributed by atoms with Crippen molar-refractivity contribution >= 4 is 19.7 Å². The third kappa shape index (κ3) is 66.4. The maximum Gasteiger partial charge on any atom is 0.472 e. The lowest BCUT2D eigenvalue weighted by Gasteiger charge is -2.27. The minimum atomic E-state index is -4.47. The quantitative estimate of drug-likeness (QED) is 0.0205. The number of carbonyl (C=O) groups is 2. The Kier molecular flexibility index (Phi) is 62.2. The summed E-state index contributed by atoms with van der Waals surface area (Å²) in [5.74, 6) is -0.539. The molecular formula is C77H134N2O7P+. The molecule has 1 amide bonds. The summed E-state index contributed by atoms with van der Waals surface area (Å²) in [5, 5.41) is 3.06. The number of amides is 1. The minimum Gasteiger partial charge on any atom is -0.456 e. The summed E-state index contributed by atoms with van der Waals surface area (Å²) in [6.07, 6.45) is 93.1. The van der Waals surface area contributed by atoms with E-state index in [0.29, 0.717) is 23.9 Å². The highest BCUT2D eigenvalue weighted by molar-refractivity contribution is 7.47. The number of hydrogen-bond acceptors (Lipinski definition) is 6. The predicted octanol–water partition coefficient (Wildman–Crippen LogP) is 22.8. The number of phosphoric acid groups is 1. The van der Waals surface area contributed by atoms with Crippen molar-refractivity contribution in [2.24, 2.45) is 0 Å². The van der Waals surface area contributed by atoms with Crippen LogP contribution in [0, 0.1) is 0 Å². The molecule has 0 saturated heterocycles. The van der Waals surface area contributed by atoms with Crippen LogP contribution in [-0.4, -0.2) is 74.3 Å². The molecule has 3 atom stereocenters. The Balaban J connectivity index is 5.19. The highest BCUT2D eigenvalue weighted by Gasteiger charge is 2.30. The van der Waals surface area contributed by atoms with Gasteiger partial charge in [0.25, 0.3) is 0 Å². The van der Waals surface area contributed by atoms with Gasteiger partial charge in [0, 0.05) is 12.8 Å². The molecule has 498 valence electrons. The average Bonchev–Trinajstić information content (AvgIpc) is 3.69. The highest BCUT2D eigenvalue weighted by Crippen LogP contribution is 2.43. The van der Waals surface area contributed by atoms with Crippen LogP contribution >= 0.6 is 7.82 Å². The SMILES string of the molecule is CC/C=C\C/C=C\C/C=C\C/C=C\C/C=C\C/C=C\CCCCCCCCCCC(=O)NC(COP(=O)(O)OCC[N+](C)(C)C)C(/C=C\CCCCCCCCCCCCC)OC(=O)CCCCCCC/C=C\C/C=C\C/C=C\C/C=C\CCCCC. The first-order valence-electron chi connectivity index (χ1n) is 35.5. The Morgan fingerprint density at radius 1 is 0.414 bits per heavy atom. The van der Waals surface area contributed by atoms with E-state index in [1.807, 2.05) is 33.3 Å². The molecule has 10 heteroatoms. The van der Waals surface area contributed by atoms with Crippen LogP contribution in [0.25, 0.3) is 0 Å². The molecule has 0 fully saturated rings. The van der Waals surface area contributed by atoms with Crippen molar-refractivity contribution in [1.29, 1.82) is 0 Å². The third-order valence-electron chi connectivity index (χ3n) is 15.1. The van der Waals surface area contributed by atoms with Crippen molar-refractivity contribution in [3.63, 3.8) is 0 Å². The van der Waals surface area contributed by atoms with E-state index in [1.165, 1.54) is 109 Å². The first-order chi connectivity index (χ1) is 42.4. The van der Waals surface area contributed by atoms with Crippen LogP contribution < -0.4 is 5.32 Å². The van der Waals surface area contributed by atoms with Crippen molar-refractivity contribution in [2.45, 2.75) is 303 Å². The van der Waals surface area contributed by atoms with Gasteiger partial charge in [-0.2, -0.15) is 0 Å². The van der Waals surface area contributed by atoms with Crippen LogP contribution in [-0.2, 0) is 27.9 Å². The Labute approximate surface area is 536 Å². The zero-order valence-electron chi connectivity index (χ0n) is 57.0. The molecule has 0 aliphatic carbocycles. The predicted molar refractivity (Wildman–Crippen MR) is 378 cm³/mol. The van der Waals surface area contributed by atoms with Crippen molar-refractivity contribution < 1.29 is 37.3 Å². The normalized spacial score (nSPS) is 14.3. The minimum absolute atomic E-state index is 0.0282. The van der Waals surface area contributed by atoms with Gasteiger partial charge in [-0.15, -0.1) is 0 Å². The largest absolute Gasteiger partial charge is 0.472 e. The van der Waals surface area contributed by atoms with E-state index < -0.39 is 20.0 Å². The van der Waals surface area contributed by atoms with Crippen molar-refractivity contribution in [1.82, 2.24) is 5.32 Å². The molecule has 0 aliphatic rings. The molecule has 0 bridgehead atoms. The topological polar surface area (TPSA) is 111 Å². The molecule has 2 N–H and O–H groups in total. The van der Waals surface area contributed by atoms with Crippen LogP contribution in [0.15, 0.2) is 134 Å². The Morgan fingerprint density at radius 2 is 0.736 bits per heavy atom. The van der Waals surface area contributed by atoms with Gasteiger partial charge in [-0.1, -0.05) is 283 Å². The fourth-order valence-electron chi connectivity index (χ4n) is 9.63. The van der Waals surface area contributed by atoms with Gasteiger partial charge in [0.15, 0.2) is 0 Å². The summed E-state index contributed by atoms with van der Waals surface area (Å²) in [6, 6.07) is -0.872. The molecular weight excluding hydrogens is 1100 g/mol. The summed E-state index contributed by atoms with van der Waals surface area (Å²) in [5.41, 5.74) is 0. The molecule has 0 spiro atoms. The van der Waals surface area contributed by atoms with Gasteiger partial charge in [-0.3, -0.25) is 18.6 Å². The van der Waals surface area contributed by atoms with E-state index in [2.05, 4.69) is 148 Å². The smallest absolute Gasteiger partial charge is 0.456 e. The van der Waals surface area contributed by atoms with Crippen LogP contribution in [0.5, 0.6) is 0 Å². The molecule has 87 heavy (non-hydrogen) atoms. The van der Waals surface area contributed by atoms with Gasteiger partial charge in [-0.25, -0.2) is 4.57 Å². The molecule has 0 aromatic carbocycles. The number of ether oxygens (including phenoxy) is 1. The van der Waals surface area contributed by atoms with E-state index in [0.717, 1.165) is 141 Å². The Bertz CT molecular complexity index is 1950. The van der Waals surface area contributed by atoms with Gasteiger partial charge in [0.1, 0.15) is 19.3 Å². The molecule has 0 radical (unpaired) electrons. The number of carbonyl (C=O) groups excluding carboxylic acids is 2. The Morgan fingerprint density at radius 3 is 1.13 bits per heavy atom. The highest BCUT2D eigenvalue weighted by atomic mass is 31.2. The van der Waals surface area contributed by atoms with E-state index in [4.69, 9.17) is 13.8 Å². The van der Waals surface area contributed by atoms with E-state index in [9.17, 15) is 19.0 Å². The van der Waals surface area contributed by atoms with E-state index >= 15 is 0 Å². The second-order valence-electron chi connectivity index (χ2n) is 24.7. The summed E-state index contributed by atoms with van der Waals surface area (Å²) in [6.45, 7) is 6.86. The monoisotopic (exact) mass is 1230 g/mol. The average molecular weight is 1230 g/mol. The third-order valence-corrected chi connectivity index (χ3v) is 16.1. The number of phosphoric ester groups is 1. The molecule has 0 heterocycles. The number of allylic oxidation sites excluding steroid dienone is 21. The van der Waals surface area contributed by atoms with Crippen molar-refractivity contribution in [3.8, 4) is 0 Å². The van der Waals surface area contributed by atoms with E-state index in [1.54, 1.807) is 0 Å². The first-order valence-corrected chi connectivity index (χ1v) is 37.0.